The van der Waals surface area contributed by atoms with Gasteiger partial charge in [0.25, 0.3) is 0 Å². The van der Waals surface area contributed by atoms with Crippen LogP contribution >= 0.6 is 0 Å². The zero-order chi connectivity index (χ0) is 14.4. The fraction of sp³-hybridized carbons (Fsp3) is 1.00. The van der Waals surface area contributed by atoms with E-state index in [9.17, 15) is 13.2 Å². The first-order chi connectivity index (χ1) is 8.87. The molecular formula is C13H25F3N2O. The standard InChI is InChI=1S/C13H25F3N2O/c1-3-17-10-12(5-8-19-9-6-12)11-18(2)7-4-13(14,15)16/h17H,3-11H2,1-2H3. The van der Waals surface area contributed by atoms with Gasteiger partial charge in [-0.1, -0.05) is 6.92 Å². The Morgan fingerprint density at radius 1 is 1.26 bits per heavy atom. The van der Waals surface area contributed by atoms with E-state index >= 15 is 0 Å². The Kier molecular flexibility index (Phi) is 6.56. The lowest BCUT2D eigenvalue weighted by molar-refractivity contribution is -0.138. The summed E-state index contributed by atoms with van der Waals surface area (Å²) in [5, 5.41) is 3.33. The first-order valence-corrected chi connectivity index (χ1v) is 6.91. The predicted molar refractivity (Wildman–Crippen MR) is 69.2 cm³/mol. The van der Waals surface area contributed by atoms with Crippen LogP contribution in [-0.4, -0.2) is 57.5 Å². The third kappa shape index (κ3) is 6.58. The van der Waals surface area contributed by atoms with E-state index in [-0.39, 0.29) is 12.0 Å². The number of nitrogens with one attached hydrogen (secondary N) is 1. The van der Waals surface area contributed by atoms with Gasteiger partial charge in [-0.05, 0) is 31.8 Å². The molecule has 0 radical (unpaired) electrons. The molecule has 1 N–H and O–H groups in total. The number of ether oxygens (including phenoxy) is 1. The number of halogens is 3. The van der Waals surface area contributed by atoms with Gasteiger partial charge in [0, 0.05) is 32.8 Å². The zero-order valence-corrected chi connectivity index (χ0v) is 11.9. The Morgan fingerprint density at radius 3 is 2.42 bits per heavy atom. The van der Waals surface area contributed by atoms with Crippen molar-refractivity contribution in [1.82, 2.24) is 10.2 Å². The Labute approximate surface area is 113 Å². The van der Waals surface area contributed by atoms with Crippen LogP contribution < -0.4 is 5.32 Å². The van der Waals surface area contributed by atoms with E-state index in [2.05, 4.69) is 5.32 Å². The average molecular weight is 282 g/mol. The lowest BCUT2D eigenvalue weighted by Crippen LogP contribution is -2.47. The summed E-state index contributed by atoms with van der Waals surface area (Å²) >= 11 is 0. The highest BCUT2D eigenvalue weighted by atomic mass is 19.4. The minimum atomic E-state index is -4.07. The summed E-state index contributed by atoms with van der Waals surface area (Å²) in [6, 6.07) is 0. The van der Waals surface area contributed by atoms with Crippen molar-refractivity contribution in [3.8, 4) is 0 Å². The Balaban J connectivity index is 2.46. The smallest absolute Gasteiger partial charge is 0.381 e. The van der Waals surface area contributed by atoms with E-state index in [0.717, 1.165) is 25.9 Å². The van der Waals surface area contributed by atoms with Crippen LogP contribution in [0, 0.1) is 5.41 Å². The van der Waals surface area contributed by atoms with Crippen LogP contribution in [0.25, 0.3) is 0 Å². The lowest BCUT2D eigenvalue weighted by atomic mass is 9.79. The van der Waals surface area contributed by atoms with Crippen LogP contribution in [0.1, 0.15) is 26.2 Å². The van der Waals surface area contributed by atoms with Gasteiger partial charge < -0.3 is 15.0 Å². The van der Waals surface area contributed by atoms with E-state index in [1.165, 1.54) is 0 Å². The molecule has 0 amide bonds. The molecule has 1 aliphatic heterocycles. The molecule has 1 rings (SSSR count). The van der Waals surface area contributed by atoms with Crippen LogP contribution in [0.5, 0.6) is 0 Å². The second-order valence-corrected chi connectivity index (χ2v) is 5.50. The molecule has 1 saturated heterocycles. The number of nitrogens with zero attached hydrogens (tertiary/aromatic N) is 1. The van der Waals surface area contributed by atoms with Gasteiger partial charge in [-0.15, -0.1) is 0 Å². The van der Waals surface area contributed by atoms with Crippen LogP contribution in [0.3, 0.4) is 0 Å². The second-order valence-electron chi connectivity index (χ2n) is 5.50. The molecule has 114 valence electrons. The number of hydrogen-bond donors (Lipinski definition) is 1. The summed E-state index contributed by atoms with van der Waals surface area (Å²) in [6.45, 7) is 5.95. The maximum absolute atomic E-state index is 12.2. The van der Waals surface area contributed by atoms with E-state index < -0.39 is 12.6 Å². The fourth-order valence-electron chi connectivity index (χ4n) is 2.55. The van der Waals surface area contributed by atoms with Gasteiger partial charge in [0.05, 0.1) is 6.42 Å². The molecule has 0 saturated carbocycles. The summed E-state index contributed by atoms with van der Waals surface area (Å²) in [6.07, 6.45) is -2.98. The van der Waals surface area contributed by atoms with Crippen molar-refractivity contribution in [1.29, 1.82) is 0 Å². The molecular weight excluding hydrogens is 257 g/mol. The quantitative estimate of drug-likeness (QED) is 0.775. The summed E-state index contributed by atoms with van der Waals surface area (Å²) in [5.74, 6) is 0. The molecule has 1 fully saturated rings. The maximum atomic E-state index is 12.2. The Bertz CT molecular complexity index is 253. The minimum absolute atomic E-state index is 0.0502. The summed E-state index contributed by atoms with van der Waals surface area (Å²) < 4.78 is 42.1. The highest BCUT2D eigenvalue weighted by molar-refractivity contribution is 4.86. The molecule has 0 atom stereocenters. The molecule has 1 aliphatic rings. The minimum Gasteiger partial charge on any atom is -0.381 e. The van der Waals surface area contributed by atoms with Gasteiger partial charge in [-0.25, -0.2) is 0 Å². The number of hydrogen-bond acceptors (Lipinski definition) is 3. The van der Waals surface area contributed by atoms with Crippen LogP contribution in [-0.2, 0) is 4.74 Å². The van der Waals surface area contributed by atoms with Gasteiger partial charge in [0.1, 0.15) is 0 Å². The Hall–Kier alpha value is -0.330. The normalized spacial score (nSPS) is 19.9. The molecule has 6 heteroatoms. The van der Waals surface area contributed by atoms with Gasteiger partial charge in [0.15, 0.2) is 0 Å². The molecule has 0 spiro atoms. The van der Waals surface area contributed by atoms with E-state index in [1.54, 1.807) is 11.9 Å². The first kappa shape index (κ1) is 16.7. The highest BCUT2D eigenvalue weighted by Crippen LogP contribution is 2.31. The third-order valence-electron chi connectivity index (χ3n) is 3.69. The van der Waals surface area contributed by atoms with Crippen LogP contribution in [0.4, 0.5) is 13.2 Å². The molecule has 3 nitrogen and oxygen atoms in total. The molecule has 0 aromatic carbocycles. The lowest BCUT2D eigenvalue weighted by Gasteiger charge is -2.40. The molecule has 1 heterocycles. The van der Waals surface area contributed by atoms with Gasteiger partial charge in [-0.2, -0.15) is 13.2 Å². The third-order valence-corrected chi connectivity index (χ3v) is 3.69. The zero-order valence-electron chi connectivity index (χ0n) is 11.9. The number of alkyl halides is 3. The largest absolute Gasteiger partial charge is 0.390 e. The molecule has 0 aromatic heterocycles. The molecule has 0 aliphatic carbocycles. The Morgan fingerprint density at radius 2 is 1.89 bits per heavy atom. The maximum Gasteiger partial charge on any atom is 0.390 e. The summed E-state index contributed by atoms with van der Waals surface area (Å²) in [4.78, 5) is 1.80. The molecule has 0 unspecified atom stereocenters. The van der Waals surface area contributed by atoms with E-state index in [4.69, 9.17) is 4.74 Å². The summed E-state index contributed by atoms with van der Waals surface area (Å²) in [7, 11) is 1.77. The SMILES string of the molecule is CCNCC1(CN(C)CCC(F)(F)F)CCOCC1. The van der Waals surface area contributed by atoms with Gasteiger partial charge in [-0.3, -0.25) is 0 Å². The van der Waals surface area contributed by atoms with Crippen molar-refractivity contribution < 1.29 is 17.9 Å². The van der Waals surface area contributed by atoms with Crippen molar-refractivity contribution in [3.05, 3.63) is 0 Å². The van der Waals surface area contributed by atoms with Crippen LogP contribution in [0.15, 0.2) is 0 Å². The number of rotatable bonds is 7. The van der Waals surface area contributed by atoms with Crippen molar-refractivity contribution in [3.63, 3.8) is 0 Å². The monoisotopic (exact) mass is 282 g/mol. The molecule has 0 aromatic rings. The topological polar surface area (TPSA) is 24.5 Å². The first-order valence-electron chi connectivity index (χ1n) is 6.91. The molecule has 0 bridgehead atoms. The highest BCUT2D eigenvalue weighted by Gasteiger charge is 2.34. The van der Waals surface area contributed by atoms with Gasteiger partial charge >= 0.3 is 6.18 Å². The average Bonchev–Trinajstić information content (AvgIpc) is 2.34. The van der Waals surface area contributed by atoms with Crippen LogP contribution in [0.2, 0.25) is 0 Å². The van der Waals surface area contributed by atoms with Crippen molar-refractivity contribution in [2.75, 3.05) is 46.4 Å². The van der Waals surface area contributed by atoms with Gasteiger partial charge in [0.2, 0.25) is 0 Å². The van der Waals surface area contributed by atoms with Crippen molar-refractivity contribution >= 4 is 0 Å². The van der Waals surface area contributed by atoms with E-state index in [1.807, 2.05) is 6.92 Å². The van der Waals surface area contributed by atoms with E-state index in [0.29, 0.717) is 19.8 Å². The van der Waals surface area contributed by atoms with Crippen molar-refractivity contribution in [2.45, 2.75) is 32.4 Å². The fourth-order valence-corrected chi connectivity index (χ4v) is 2.55. The summed E-state index contributed by atoms with van der Waals surface area (Å²) in [5.41, 5.74) is 0.0502. The second kappa shape index (κ2) is 7.45. The molecule has 19 heavy (non-hydrogen) atoms. The van der Waals surface area contributed by atoms with Crippen molar-refractivity contribution in [2.24, 2.45) is 5.41 Å². The predicted octanol–water partition coefficient (Wildman–Crippen LogP) is 2.28.